The quantitative estimate of drug-likeness (QED) is 0.615. The molecule has 0 fully saturated rings. The molecule has 0 unspecified atom stereocenters. The Kier molecular flexibility index (Phi) is 3.76. The highest BCUT2D eigenvalue weighted by molar-refractivity contribution is 6.10. The summed E-state index contributed by atoms with van der Waals surface area (Å²) >= 11 is 0. The lowest BCUT2D eigenvalue weighted by atomic mass is 10.1. The Bertz CT molecular complexity index is 582. The monoisotopic (exact) mass is 227 g/mol. The Labute approximate surface area is 97.0 Å². The van der Waals surface area contributed by atoms with Crippen LogP contribution in [0, 0.1) is 46.7 Å². The van der Waals surface area contributed by atoms with Crippen molar-refractivity contribution in [1.29, 1.82) is 15.8 Å². The zero-order valence-electron chi connectivity index (χ0n) is 8.82. The van der Waals surface area contributed by atoms with Crippen LogP contribution in [0.1, 0.15) is 11.1 Å². The Morgan fingerprint density at radius 3 is 2.47 bits per heavy atom. The highest BCUT2D eigenvalue weighted by atomic mass is 19.1. The van der Waals surface area contributed by atoms with Crippen LogP contribution in [0.25, 0.3) is 0 Å². The molecule has 0 atom stereocenters. The number of anilines is 1. The van der Waals surface area contributed by atoms with Crippen molar-refractivity contribution in [3.63, 3.8) is 0 Å². The highest BCUT2D eigenvalue weighted by Crippen LogP contribution is 2.20. The molecule has 5 nitrogen and oxygen atoms in total. The second-order valence-electron chi connectivity index (χ2n) is 3.01. The summed E-state index contributed by atoms with van der Waals surface area (Å²) in [5.41, 5.74) is 2.26. The van der Waals surface area contributed by atoms with Gasteiger partial charge in [-0.15, -0.1) is 0 Å². The molecule has 0 aliphatic carbocycles. The molecule has 0 spiro atoms. The zero-order chi connectivity index (χ0) is 12.8. The maximum atomic E-state index is 13.7. The molecule has 0 bridgehead atoms. The minimum Gasteiger partial charge on any atom is -0.274 e. The van der Waals surface area contributed by atoms with E-state index < -0.39 is 11.5 Å². The largest absolute Gasteiger partial charge is 0.274 e. The maximum Gasteiger partial charge on any atom is 0.237 e. The Balaban J connectivity index is 3.09. The van der Waals surface area contributed by atoms with Crippen LogP contribution in [-0.4, -0.2) is 5.71 Å². The maximum absolute atomic E-state index is 13.7. The van der Waals surface area contributed by atoms with Gasteiger partial charge in [0.05, 0.1) is 17.3 Å². The molecule has 1 rings (SSSR count). The van der Waals surface area contributed by atoms with Gasteiger partial charge in [-0.1, -0.05) is 0 Å². The minimum atomic E-state index is -0.636. The smallest absolute Gasteiger partial charge is 0.237 e. The first-order valence-corrected chi connectivity index (χ1v) is 4.47. The van der Waals surface area contributed by atoms with Crippen LogP contribution < -0.4 is 5.43 Å². The third-order valence-electron chi connectivity index (χ3n) is 2.01. The average molecular weight is 227 g/mol. The van der Waals surface area contributed by atoms with E-state index in [1.54, 1.807) is 0 Å². The molecule has 0 amide bonds. The molecule has 0 aromatic heterocycles. The van der Waals surface area contributed by atoms with E-state index in [2.05, 4.69) is 10.5 Å². The fourth-order valence-corrected chi connectivity index (χ4v) is 1.08. The van der Waals surface area contributed by atoms with Gasteiger partial charge in [-0.3, -0.25) is 5.43 Å². The molecule has 0 saturated carbocycles. The average Bonchev–Trinajstić information content (AvgIpc) is 2.35. The molecular weight excluding hydrogens is 221 g/mol. The summed E-state index contributed by atoms with van der Waals surface area (Å²) in [5, 5.41) is 28.9. The first-order chi connectivity index (χ1) is 8.13. The third-order valence-corrected chi connectivity index (χ3v) is 2.01. The molecule has 0 radical (unpaired) electrons. The first-order valence-electron chi connectivity index (χ1n) is 4.47. The number of benzene rings is 1. The number of hydrazone groups is 1. The van der Waals surface area contributed by atoms with Crippen LogP contribution in [0.15, 0.2) is 17.2 Å². The molecule has 0 heterocycles. The van der Waals surface area contributed by atoms with E-state index in [9.17, 15) is 4.39 Å². The predicted octanol–water partition coefficient (Wildman–Crippen LogP) is 1.82. The van der Waals surface area contributed by atoms with Crippen molar-refractivity contribution in [3.05, 3.63) is 29.1 Å². The summed E-state index contributed by atoms with van der Waals surface area (Å²) < 4.78 is 13.7. The molecule has 82 valence electrons. The molecule has 17 heavy (non-hydrogen) atoms. The van der Waals surface area contributed by atoms with Crippen LogP contribution >= 0.6 is 0 Å². The number of hydrogen-bond donors (Lipinski definition) is 1. The summed E-state index contributed by atoms with van der Waals surface area (Å²) in [5.74, 6) is -0.636. The highest BCUT2D eigenvalue weighted by Gasteiger charge is 2.09. The zero-order valence-corrected chi connectivity index (χ0v) is 8.82. The van der Waals surface area contributed by atoms with Crippen molar-refractivity contribution >= 4 is 11.4 Å². The first kappa shape index (κ1) is 12.2. The normalized spacial score (nSPS) is 8.41. The van der Waals surface area contributed by atoms with Crippen molar-refractivity contribution in [2.45, 2.75) is 6.92 Å². The molecule has 0 saturated heterocycles. The van der Waals surface area contributed by atoms with E-state index in [1.165, 1.54) is 31.2 Å². The van der Waals surface area contributed by atoms with Crippen molar-refractivity contribution in [1.82, 2.24) is 0 Å². The minimum absolute atomic E-state index is 0.00417. The van der Waals surface area contributed by atoms with Gasteiger partial charge in [-0.25, -0.2) is 4.39 Å². The van der Waals surface area contributed by atoms with Gasteiger partial charge in [0.25, 0.3) is 0 Å². The van der Waals surface area contributed by atoms with Gasteiger partial charge in [-0.05, 0) is 19.1 Å². The molecule has 0 aliphatic heterocycles. The molecule has 1 aromatic carbocycles. The van der Waals surface area contributed by atoms with Crippen molar-refractivity contribution in [3.8, 4) is 18.2 Å². The summed E-state index contributed by atoms with van der Waals surface area (Å²) in [6, 6.07) is 7.64. The molecule has 1 N–H and O–H groups in total. The van der Waals surface area contributed by atoms with Gasteiger partial charge in [0.1, 0.15) is 12.1 Å². The molecular formula is C11H6FN5. The number of hydrogen-bond acceptors (Lipinski definition) is 5. The van der Waals surface area contributed by atoms with Gasteiger partial charge in [0.2, 0.25) is 5.71 Å². The van der Waals surface area contributed by atoms with E-state index in [-0.39, 0.29) is 16.8 Å². The van der Waals surface area contributed by atoms with Gasteiger partial charge in [-0.2, -0.15) is 20.9 Å². The number of rotatable bonds is 2. The lowest BCUT2D eigenvalue weighted by molar-refractivity contribution is 0.621. The summed E-state index contributed by atoms with van der Waals surface area (Å²) in [6.07, 6.45) is 0. The fraction of sp³-hybridized carbons (Fsp3) is 0.0909. The van der Waals surface area contributed by atoms with Crippen molar-refractivity contribution < 1.29 is 4.39 Å². The number of nitrogens with zero attached hydrogens (tertiary/aromatic N) is 4. The van der Waals surface area contributed by atoms with Crippen LogP contribution in [-0.2, 0) is 0 Å². The van der Waals surface area contributed by atoms with Crippen LogP contribution in [0.5, 0.6) is 0 Å². The van der Waals surface area contributed by atoms with Gasteiger partial charge < -0.3 is 0 Å². The van der Waals surface area contributed by atoms with E-state index in [0.717, 1.165) is 0 Å². The van der Waals surface area contributed by atoms with Crippen LogP contribution in [0.3, 0.4) is 0 Å². The second-order valence-corrected chi connectivity index (χ2v) is 3.01. The summed E-state index contributed by atoms with van der Waals surface area (Å²) in [6.45, 7) is 1.46. The Hall–Kier alpha value is -2.91. The number of nitrogens with one attached hydrogen (secondary N) is 1. The SMILES string of the molecule is Cc1c(C#N)ccc(NN=C(C#N)C#N)c1F. The molecule has 6 heteroatoms. The van der Waals surface area contributed by atoms with Gasteiger partial charge in [0.15, 0.2) is 5.82 Å². The second kappa shape index (κ2) is 5.25. The van der Waals surface area contributed by atoms with Gasteiger partial charge in [0, 0.05) is 5.56 Å². The number of halogens is 1. The van der Waals surface area contributed by atoms with Gasteiger partial charge >= 0.3 is 0 Å². The lowest BCUT2D eigenvalue weighted by Gasteiger charge is -2.05. The van der Waals surface area contributed by atoms with E-state index in [0.29, 0.717) is 0 Å². The summed E-state index contributed by atoms with van der Waals surface area (Å²) in [7, 11) is 0. The summed E-state index contributed by atoms with van der Waals surface area (Å²) in [4.78, 5) is 0. The standard InChI is InChI=1S/C11H6FN5/c1-7-8(4-13)2-3-10(11(7)12)17-16-9(5-14)6-15/h2-3,17H,1H3. The number of nitriles is 3. The van der Waals surface area contributed by atoms with E-state index >= 15 is 0 Å². The predicted molar refractivity (Wildman–Crippen MR) is 58.1 cm³/mol. The van der Waals surface area contributed by atoms with Crippen molar-refractivity contribution in [2.75, 3.05) is 5.43 Å². The molecule has 1 aromatic rings. The Morgan fingerprint density at radius 2 is 1.94 bits per heavy atom. The topological polar surface area (TPSA) is 95.8 Å². The van der Waals surface area contributed by atoms with E-state index in [4.69, 9.17) is 15.8 Å². The Morgan fingerprint density at radius 1 is 1.29 bits per heavy atom. The van der Waals surface area contributed by atoms with Crippen LogP contribution in [0.4, 0.5) is 10.1 Å². The van der Waals surface area contributed by atoms with E-state index in [1.807, 2.05) is 6.07 Å². The van der Waals surface area contributed by atoms with Crippen molar-refractivity contribution in [2.24, 2.45) is 5.10 Å². The van der Waals surface area contributed by atoms with Crippen LogP contribution in [0.2, 0.25) is 0 Å². The third kappa shape index (κ3) is 2.56. The fourth-order valence-electron chi connectivity index (χ4n) is 1.08. The molecule has 0 aliphatic rings. The lowest BCUT2D eigenvalue weighted by Crippen LogP contribution is -2.00.